The largest absolute Gasteiger partial charge is 0.417 e. The van der Waals surface area contributed by atoms with Crippen LogP contribution in [0.25, 0.3) is 11.3 Å². The molecule has 2 N–H and O–H groups in total. The van der Waals surface area contributed by atoms with Gasteiger partial charge in [0.05, 0.1) is 29.7 Å². The number of amides is 2. The predicted octanol–water partition coefficient (Wildman–Crippen LogP) is 6.09. The molecule has 3 heterocycles. The number of benzene rings is 2. The topological polar surface area (TPSA) is 130 Å². The van der Waals surface area contributed by atoms with Crippen molar-refractivity contribution < 1.29 is 37.1 Å². The van der Waals surface area contributed by atoms with Crippen LogP contribution in [-0.4, -0.2) is 65.4 Å². The van der Waals surface area contributed by atoms with Gasteiger partial charge in [0.25, 0.3) is 17.4 Å². The van der Waals surface area contributed by atoms with Crippen molar-refractivity contribution in [3.63, 3.8) is 0 Å². The fraction of sp³-hybridized carbons (Fsp3) is 0.394. The summed E-state index contributed by atoms with van der Waals surface area (Å²) in [4.78, 5) is 61.4. The quantitative estimate of drug-likeness (QED) is 0.164. The van der Waals surface area contributed by atoms with Gasteiger partial charge in [-0.1, -0.05) is 29.8 Å². The Labute approximate surface area is 290 Å². The summed E-state index contributed by atoms with van der Waals surface area (Å²) >= 11 is 2.92. The molecule has 16 heteroatoms. The van der Waals surface area contributed by atoms with Gasteiger partial charge in [0, 0.05) is 39.8 Å². The molecule has 4 aromatic rings. The van der Waals surface area contributed by atoms with E-state index >= 15 is 0 Å². The molecule has 1 aliphatic heterocycles. The zero-order valence-corrected chi connectivity index (χ0v) is 29.7. The van der Waals surface area contributed by atoms with Gasteiger partial charge in [-0.3, -0.25) is 23.5 Å². The molecule has 0 bridgehead atoms. The van der Waals surface area contributed by atoms with Crippen LogP contribution in [0.2, 0.25) is 0 Å². The zero-order valence-electron chi connectivity index (χ0n) is 27.2. The van der Waals surface area contributed by atoms with Gasteiger partial charge in [0.2, 0.25) is 0 Å². The first-order valence-corrected chi connectivity index (χ1v) is 17.7. The first kappa shape index (κ1) is 36.7. The van der Waals surface area contributed by atoms with E-state index in [9.17, 15) is 27.6 Å². The van der Waals surface area contributed by atoms with Crippen LogP contribution >= 0.6 is 24.5 Å². The average Bonchev–Trinajstić information content (AvgIpc) is 3.81. The number of nitrogens with zero attached hydrogens (tertiary/aromatic N) is 5. The van der Waals surface area contributed by atoms with Gasteiger partial charge >= 0.3 is 14.8 Å². The molecule has 11 nitrogen and oxygen atoms in total. The molecule has 1 fully saturated rings. The fourth-order valence-corrected chi connectivity index (χ4v) is 6.63. The Morgan fingerprint density at radius 3 is 2.37 bits per heavy atom. The second-order valence-electron chi connectivity index (χ2n) is 11.9. The Morgan fingerprint density at radius 2 is 1.76 bits per heavy atom. The van der Waals surface area contributed by atoms with Gasteiger partial charge in [-0.25, -0.2) is 4.52 Å². The van der Waals surface area contributed by atoms with E-state index in [0.717, 1.165) is 24.5 Å². The summed E-state index contributed by atoms with van der Waals surface area (Å²) in [5.74, 6) is -0.562. The van der Waals surface area contributed by atoms with E-state index in [1.165, 1.54) is 29.0 Å². The molecule has 0 radical (unpaired) electrons. The number of carbonyl (C=O) groups excluding carboxylic acids is 2. The van der Waals surface area contributed by atoms with Crippen LogP contribution in [0.4, 0.5) is 13.2 Å². The predicted molar refractivity (Wildman–Crippen MR) is 180 cm³/mol. The molecule has 2 aromatic heterocycles. The van der Waals surface area contributed by atoms with Crippen molar-refractivity contribution in [3.05, 3.63) is 97.0 Å². The number of fused-ring (bicyclic) bond motifs is 3. The first-order chi connectivity index (χ1) is 23.2. The molecule has 2 aromatic carbocycles. The second-order valence-corrected chi connectivity index (χ2v) is 13.5. The second kappa shape index (κ2) is 14.7. The standard InChI is InChI=1S/C31H30BrF3N5O6P.C2H6/c1-17-11-23-26(15-38(17)29(42)20-7-10-25(32)24(13-20)31(33,34)35)40-27(21(14-36-40)12-18-3-4-18)39(30(23)43)22-8-5-19(6-9-22)28(41)37(2)16-46-47(44)45;1-2/h5-10,13-14,17-18,44-45H,3-4,11-12,15-16H2,1-2H3;1-2H3/t17-;/m1./s1. The van der Waals surface area contributed by atoms with E-state index in [2.05, 4.69) is 21.0 Å². The van der Waals surface area contributed by atoms with Crippen molar-refractivity contribution in [2.75, 3.05) is 13.8 Å². The average molecular weight is 767 g/mol. The van der Waals surface area contributed by atoms with Crippen LogP contribution in [0.3, 0.4) is 0 Å². The lowest BCUT2D eigenvalue weighted by molar-refractivity contribution is -0.138. The van der Waals surface area contributed by atoms with Gasteiger partial charge < -0.3 is 19.6 Å². The van der Waals surface area contributed by atoms with Crippen LogP contribution in [0.15, 0.2) is 57.9 Å². The third kappa shape index (κ3) is 7.60. The maximum Gasteiger partial charge on any atom is 0.417 e. The summed E-state index contributed by atoms with van der Waals surface area (Å²) in [5, 5.41) is 4.64. The van der Waals surface area contributed by atoms with Gasteiger partial charge in [-0.05, 0) is 81.0 Å². The normalized spacial score (nSPS) is 16.0. The molecule has 262 valence electrons. The summed E-state index contributed by atoms with van der Waals surface area (Å²) in [6.45, 7) is 5.39. The number of rotatable bonds is 8. The van der Waals surface area contributed by atoms with Crippen molar-refractivity contribution in [2.45, 2.75) is 65.2 Å². The first-order valence-electron chi connectivity index (χ1n) is 15.7. The smallest absolute Gasteiger partial charge is 0.330 e. The summed E-state index contributed by atoms with van der Waals surface area (Å²) < 4.78 is 48.6. The van der Waals surface area contributed by atoms with Crippen LogP contribution in [0.5, 0.6) is 0 Å². The lowest BCUT2D eigenvalue weighted by Gasteiger charge is -2.35. The van der Waals surface area contributed by atoms with Gasteiger partial charge in [-0.15, -0.1) is 0 Å². The number of halogens is 4. The molecule has 6 rings (SSSR count). The molecule has 1 aliphatic carbocycles. The van der Waals surface area contributed by atoms with E-state index in [0.29, 0.717) is 34.9 Å². The van der Waals surface area contributed by atoms with E-state index in [-0.39, 0.29) is 40.9 Å². The maximum absolute atomic E-state index is 14.3. The summed E-state index contributed by atoms with van der Waals surface area (Å²) in [6, 6.07) is 9.28. The van der Waals surface area contributed by atoms with Gasteiger partial charge in [0.1, 0.15) is 12.4 Å². The van der Waals surface area contributed by atoms with Crippen LogP contribution < -0.4 is 5.56 Å². The molecule has 2 amide bonds. The number of aromatic nitrogens is 3. The molecule has 0 spiro atoms. The molecule has 0 unspecified atom stereocenters. The van der Waals surface area contributed by atoms with Crippen molar-refractivity contribution in [3.8, 4) is 5.69 Å². The van der Waals surface area contributed by atoms with Crippen molar-refractivity contribution in [1.82, 2.24) is 24.0 Å². The summed E-state index contributed by atoms with van der Waals surface area (Å²) in [6.07, 6.45) is 0.0150. The zero-order chi connectivity index (χ0) is 35.8. The lowest BCUT2D eigenvalue weighted by Crippen LogP contribution is -2.46. The fourth-order valence-electron chi connectivity index (χ4n) is 5.88. The van der Waals surface area contributed by atoms with Gasteiger partial charge in [-0.2, -0.15) is 18.3 Å². The third-order valence-electron chi connectivity index (χ3n) is 8.52. The van der Waals surface area contributed by atoms with Crippen molar-refractivity contribution in [2.24, 2.45) is 5.92 Å². The highest BCUT2D eigenvalue weighted by molar-refractivity contribution is 9.10. The van der Waals surface area contributed by atoms with E-state index in [4.69, 9.17) is 14.3 Å². The summed E-state index contributed by atoms with van der Waals surface area (Å²) in [7, 11) is -1.17. The van der Waals surface area contributed by atoms with Crippen molar-refractivity contribution >= 4 is 42.0 Å². The maximum atomic E-state index is 14.3. The van der Waals surface area contributed by atoms with Crippen LogP contribution in [-0.2, 0) is 30.1 Å². The minimum Gasteiger partial charge on any atom is -0.330 e. The molecular weight excluding hydrogens is 730 g/mol. The van der Waals surface area contributed by atoms with E-state index < -0.39 is 38.2 Å². The molecule has 2 aliphatic rings. The Kier molecular flexibility index (Phi) is 11.0. The Morgan fingerprint density at radius 1 is 1.10 bits per heavy atom. The third-order valence-corrected chi connectivity index (χ3v) is 9.55. The minimum absolute atomic E-state index is 0.0321. The van der Waals surface area contributed by atoms with Crippen molar-refractivity contribution in [1.29, 1.82) is 0 Å². The van der Waals surface area contributed by atoms with E-state index in [1.807, 2.05) is 13.8 Å². The SMILES string of the molecule is CC.C[C@@H]1Cc2c(n3ncc(CC4CC4)c3n(-c3ccc(C(=O)N(C)COP(O)O)cc3)c2=O)CN1C(=O)c1ccc(Br)c(C(F)(F)F)c1. The van der Waals surface area contributed by atoms with Crippen LogP contribution in [0, 0.1) is 5.92 Å². The highest BCUT2D eigenvalue weighted by Gasteiger charge is 2.37. The summed E-state index contributed by atoms with van der Waals surface area (Å²) in [5.41, 5.74) is 1.69. The van der Waals surface area contributed by atoms with Crippen LogP contribution in [0.1, 0.15) is 76.7 Å². The molecule has 1 atom stereocenters. The number of alkyl halides is 3. The highest BCUT2D eigenvalue weighted by atomic mass is 79.9. The lowest BCUT2D eigenvalue weighted by atomic mass is 9.97. The Hall–Kier alpha value is -3.62. The molecule has 49 heavy (non-hydrogen) atoms. The number of hydrogen-bond acceptors (Lipinski definition) is 7. The van der Waals surface area contributed by atoms with Gasteiger partial charge in [0.15, 0.2) is 0 Å². The molecule has 0 saturated heterocycles. The molecular formula is C33H36BrF3N5O6P. The monoisotopic (exact) mass is 765 g/mol. The molecule has 1 saturated carbocycles. The Bertz CT molecular complexity index is 1930. The number of hydrogen-bond donors (Lipinski definition) is 2. The number of carbonyl (C=O) groups is 2. The highest BCUT2D eigenvalue weighted by Crippen LogP contribution is 2.37. The minimum atomic E-state index is -4.65. The Balaban J connectivity index is 0.00000230. The van der Waals surface area contributed by atoms with E-state index in [1.54, 1.807) is 46.5 Å².